The Morgan fingerprint density at radius 1 is 1.36 bits per heavy atom. The molecule has 3 rings (SSSR count). The van der Waals surface area contributed by atoms with Crippen LogP contribution in [0.25, 0.3) is 0 Å². The van der Waals surface area contributed by atoms with Crippen molar-refractivity contribution in [2.75, 3.05) is 20.8 Å². The van der Waals surface area contributed by atoms with Gasteiger partial charge in [0.25, 0.3) is 0 Å². The van der Waals surface area contributed by atoms with Gasteiger partial charge in [-0.05, 0) is 37.6 Å². The summed E-state index contributed by atoms with van der Waals surface area (Å²) in [6, 6.07) is 6.22. The highest BCUT2D eigenvalue weighted by atomic mass is 35.5. The summed E-state index contributed by atoms with van der Waals surface area (Å²) < 4.78 is 15.5. The minimum absolute atomic E-state index is 0.280. The van der Waals surface area contributed by atoms with Gasteiger partial charge in [0.15, 0.2) is 0 Å². The summed E-state index contributed by atoms with van der Waals surface area (Å²) in [6.45, 7) is 1.72. The van der Waals surface area contributed by atoms with Gasteiger partial charge in [0.2, 0.25) is 0 Å². The second-order valence-electron chi connectivity index (χ2n) is 5.23. The number of ether oxygens (including phenoxy) is 2. The minimum Gasteiger partial charge on any atom is -0.497 e. The third-order valence-corrected chi connectivity index (χ3v) is 5.01. The zero-order valence-corrected chi connectivity index (χ0v) is 14.2. The quantitative estimate of drug-likeness (QED) is 0.833. The Bertz CT molecular complexity index is 649. The van der Waals surface area contributed by atoms with Gasteiger partial charge in [0, 0.05) is 29.7 Å². The van der Waals surface area contributed by atoms with Crippen LogP contribution in [0.5, 0.6) is 11.5 Å². The molecular formula is C15H18ClN3O2S. The average molecular weight is 340 g/mol. The van der Waals surface area contributed by atoms with Crippen molar-refractivity contribution in [3.05, 3.63) is 33.8 Å². The van der Waals surface area contributed by atoms with Gasteiger partial charge in [0.1, 0.15) is 21.5 Å². The molecular weight excluding hydrogens is 322 g/mol. The molecule has 1 aliphatic rings. The van der Waals surface area contributed by atoms with Crippen LogP contribution in [0.2, 0.25) is 4.34 Å². The van der Waals surface area contributed by atoms with Crippen molar-refractivity contribution >= 4 is 23.1 Å². The minimum atomic E-state index is 0.280. The van der Waals surface area contributed by atoms with E-state index in [1.165, 1.54) is 11.5 Å². The standard InChI is InChI=1S/C15H18ClN3O2S/c1-20-10-5-6-14(21-2)11(8-10)13-4-3-7-19(13)9-12-15(16)22-18-17-12/h5-6,8,13H,3-4,7,9H2,1-2H3/t13-/m0/s1. The first-order valence-corrected chi connectivity index (χ1v) is 8.30. The summed E-state index contributed by atoms with van der Waals surface area (Å²) in [7, 11) is 3.38. The molecule has 1 fully saturated rings. The number of hydrogen-bond donors (Lipinski definition) is 0. The van der Waals surface area contributed by atoms with Crippen LogP contribution in [0.1, 0.15) is 30.1 Å². The van der Waals surface area contributed by atoms with E-state index in [0.29, 0.717) is 10.9 Å². The molecule has 0 saturated carbocycles. The number of hydrogen-bond acceptors (Lipinski definition) is 6. The number of benzene rings is 1. The van der Waals surface area contributed by atoms with Gasteiger partial charge in [0.05, 0.1) is 14.2 Å². The van der Waals surface area contributed by atoms with Crippen molar-refractivity contribution in [1.29, 1.82) is 0 Å². The van der Waals surface area contributed by atoms with Crippen LogP contribution in [-0.4, -0.2) is 35.3 Å². The van der Waals surface area contributed by atoms with E-state index in [9.17, 15) is 0 Å². The fourth-order valence-electron chi connectivity index (χ4n) is 2.95. The molecule has 118 valence electrons. The number of methoxy groups -OCH3 is 2. The number of nitrogens with zero attached hydrogens (tertiary/aromatic N) is 3. The van der Waals surface area contributed by atoms with E-state index in [1.807, 2.05) is 12.1 Å². The molecule has 1 aromatic carbocycles. The SMILES string of the molecule is COc1ccc(OC)c([C@@H]2CCCN2Cc2nnsc2Cl)c1. The van der Waals surface area contributed by atoms with Crippen LogP contribution < -0.4 is 9.47 Å². The normalized spacial score (nSPS) is 18.6. The number of rotatable bonds is 5. The highest BCUT2D eigenvalue weighted by Crippen LogP contribution is 2.39. The predicted molar refractivity (Wildman–Crippen MR) is 86.9 cm³/mol. The Morgan fingerprint density at radius 3 is 2.91 bits per heavy atom. The third-order valence-electron chi connectivity index (χ3n) is 4.02. The summed E-state index contributed by atoms with van der Waals surface area (Å²) in [6.07, 6.45) is 2.22. The maximum atomic E-state index is 6.14. The Labute approximate surface area is 139 Å². The van der Waals surface area contributed by atoms with Gasteiger partial charge in [-0.15, -0.1) is 5.10 Å². The molecule has 1 atom stereocenters. The Morgan fingerprint density at radius 2 is 2.23 bits per heavy atom. The number of aromatic nitrogens is 2. The molecule has 0 spiro atoms. The van der Waals surface area contributed by atoms with Crippen molar-refractivity contribution in [3.63, 3.8) is 0 Å². The van der Waals surface area contributed by atoms with Crippen LogP contribution in [-0.2, 0) is 6.54 Å². The fraction of sp³-hybridized carbons (Fsp3) is 0.467. The molecule has 0 amide bonds. The van der Waals surface area contributed by atoms with Crippen molar-refractivity contribution in [3.8, 4) is 11.5 Å². The van der Waals surface area contributed by atoms with Gasteiger partial charge < -0.3 is 9.47 Å². The van der Waals surface area contributed by atoms with E-state index < -0.39 is 0 Å². The van der Waals surface area contributed by atoms with Gasteiger partial charge >= 0.3 is 0 Å². The molecule has 0 radical (unpaired) electrons. The topological polar surface area (TPSA) is 47.5 Å². The van der Waals surface area contributed by atoms with Gasteiger partial charge in [-0.3, -0.25) is 4.90 Å². The molecule has 0 N–H and O–H groups in total. The molecule has 0 bridgehead atoms. The van der Waals surface area contributed by atoms with E-state index >= 15 is 0 Å². The highest BCUT2D eigenvalue weighted by Gasteiger charge is 2.29. The lowest BCUT2D eigenvalue weighted by Gasteiger charge is -2.25. The third kappa shape index (κ3) is 3.04. The lowest BCUT2D eigenvalue weighted by atomic mass is 10.0. The van der Waals surface area contributed by atoms with E-state index in [1.54, 1.807) is 14.2 Å². The molecule has 1 aromatic heterocycles. The molecule has 1 aliphatic heterocycles. The van der Waals surface area contributed by atoms with E-state index in [-0.39, 0.29) is 6.04 Å². The summed E-state index contributed by atoms with van der Waals surface area (Å²) in [4.78, 5) is 2.37. The lowest BCUT2D eigenvalue weighted by Crippen LogP contribution is -2.23. The van der Waals surface area contributed by atoms with Crippen molar-refractivity contribution < 1.29 is 9.47 Å². The summed E-state index contributed by atoms with van der Waals surface area (Å²) >= 11 is 7.37. The van der Waals surface area contributed by atoms with E-state index in [0.717, 1.165) is 42.1 Å². The van der Waals surface area contributed by atoms with Gasteiger partial charge in [-0.2, -0.15) is 0 Å². The summed E-state index contributed by atoms with van der Waals surface area (Å²) in [5, 5.41) is 4.12. The zero-order chi connectivity index (χ0) is 15.5. The first-order chi connectivity index (χ1) is 10.7. The van der Waals surface area contributed by atoms with E-state index in [2.05, 4.69) is 20.6 Å². The largest absolute Gasteiger partial charge is 0.497 e. The first kappa shape index (κ1) is 15.5. The smallest absolute Gasteiger partial charge is 0.138 e. The Kier molecular flexibility index (Phi) is 4.81. The average Bonchev–Trinajstić information content (AvgIpc) is 3.16. The monoisotopic (exact) mass is 339 g/mol. The van der Waals surface area contributed by atoms with Crippen LogP contribution in [0.3, 0.4) is 0 Å². The zero-order valence-electron chi connectivity index (χ0n) is 12.6. The Balaban J connectivity index is 1.88. The molecule has 5 nitrogen and oxygen atoms in total. The molecule has 22 heavy (non-hydrogen) atoms. The van der Waals surface area contributed by atoms with Crippen molar-refractivity contribution in [2.45, 2.75) is 25.4 Å². The molecule has 1 saturated heterocycles. The number of halogens is 1. The molecule has 7 heteroatoms. The van der Waals surface area contributed by atoms with E-state index in [4.69, 9.17) is 21.1 Å². The van der Waals surface area contributed by atoms with Crippen LogP contribution in [0, 0.1) is 0 Å². The Hall–Kier alpha value is -1.37. The summed E-state index contributed by atoms with van der Waals surface area (Å²) in [5.41, 5.74) is 2.00. The second kappa shape index (κ2) is 6.81. The highest BCUT2D eigenvalue weighted by molar-refractivity contribution is 7.10. The second-order valence-corrected chi connectivity index (χ2v) is 6.59. The van der Waals surface area contributed by atoms with Crippen molar-refractivity contribution in [1.82, 2.24) is 14.5 Å². The molecule has 2 aromatic rings. The maximum Gasteiger partial charge on any atom is 0.138 e. The van der Waals surface area contributed by atoms with Crippen LogP contribution in [0.15, 0.2) is 18.2 Å². The number of likely N-dealkylation sites (tertiary alicyclic amines) is 1. The first-order valence-electron chi connectivity index (χ1n) is 7.15. The lowest BCUT2D eigenvalue weighted by molar-refractivity contribution is 0.239. The molecule has 2 heterocycles. The van der Waals surface area contributed by atoms with Crippen LogP contribution >= 0.6 is 23.1 Å². The van der Waals surface area contributed by atoms with Gasteiger partial charge in [-0.1, -0.05) is 16.1 Å². The molecule has 0 unspecified atom stereocenters. The van der Waals surface area contributed by atoms with Gasteiger partial charge in [-0.25, -0.2) is 0 Å². The molecule has 0 aliphatic carbocycles. The van der Waals surface area contributed by atoms with Crippen LogP contribution in [0.4, 0.5) is 0 Å². The summed E-state index contributed by atoms with van der Waals surface area (Å²) in [5.74, 6) is 1.73. The maximum absolute atomic E-state index is 6.14. The fourth-order valence-corrected chi connectivity index (χ4v) is 3.56. The van der Waals surface area contributed by atoms with Crippen molar-refractivity contribution in [2.24, 2.45) is 0 Å². The predicted octanol–water partition coefficient (Wildman–Crippen LogP) is 3.55.